The van der Waals surface area contributed by atoms with Crippen LogP contribution in [0.5, 0.6) is 0 Å². The quantitative estimate of drug-likeness (QED) is 0.804. The maximum absolute atomic E-state index is 12.7. The zero-order chi connectivity index (χ0) is 13.3. The van der Waals surface area contributed by atoms with Crippen molar-refractivity contribution in [1.82, 2.24) is 15.0 Å². The van der Waals surface area contributed by atoms with Gasteiger partial charge in [0.05, 0.1) is 5.92 Å². The number of nitrogen functional groups attached to an aromatic ring is 1. The Kier molecular flexibility index (Phi) is 3.27. The zero-order valence-corrected chi connectivity index (χ0v) is 9.50. The van der Waals surface area contributed by atoms with Gasteiger partial charge < -0.3 is 5.73 Å². The molecule has 3 N–H and O–H groups in total. The molecule has 2 atom stereocenters. The first-order valence-electron chi connectivity index (χ1n) is 5.66. The van der Waals surface area contributed by atoms with Crippen LogP contribution in [0.15, 0.2) is 4.79 Å². The molecule has 0 spiro atoms. The highest BCUT2D eigenvalue weighted by molar-refractivity contribution is 5.14. The van der Waals surface area contributed by atoms with Crippen molar-refractivity contribution in [2.45, 2.75) is 37.8 Å². The molecule has 1 aromatic rings. The number of nitrogens with two attached hydrogens (primary N) is 1. The Bertz CT molecular complexity index is 485. The summed E-state index contributed by atoms with van der Waals surface area (Å²) in [5, 5.41) is 0. The molecule has 0 radical (unpaired) electrons. The smallest absolute Gasteiger partial charge is 0.368 e. The van der Waals surface area contributed by atoms with Gasteiger partial charge in [0.2, 0.25) is 5.95 Å². The minimum absolute atomic E-state index is 0.0596. The summed E-state index contributed by atoms with van der Waals surface area (Å²) in [7, 11) is 0. The lowest BCUT2D eigenvalue weighted by Gasteiger charge is -2.29. The third-order valence-corrected chi connectivity index (χ3v) is 3.21. The Morgan fingerprint density at radius 1 is 1.28 bits per heavy atom. The average molecular weight is 262 g/mol. The second-order valence-electron chi connectivity index (χ2n) is 4.50. The van der Waals surface area contributed by atoms with Gasteiger partial charge >= 0.3 is 11.9 Å². The van der Waals surface area contributed by atoms with Crippen LogP contribution in [0.4, 0.5) is 19.1 Å². The maximum Gasteiger partial charge on any atom is 0.391 e. The van der Waals surface area contributed by atoms with Crippen LogP contribution in [0.2, 0.25) is 0 Å². The van der Waals surface area contributed by atoms with Gasteiger partial charge in [-0.2, -0.15) is 23.1 Å². The lowest BCUT2D eigenvalue weighted by atomic mass is 9.80. The number of H-pyrrole nitrogens is 1. The van der Waals surface area contributed by atoms with E-state index in [1.807, 2.05) is 0 Å². The lowest BCUT2D eigenvalue weighted by Crippen LogP contribution is -2.30. The van der Waals surface area contributed by atoms with Crippen molar-refractivity contribution >= 4 is 5.95 Å². The summed E-state index contributed by atoms with van der Waals surface area (Å²) in [6.45, 7) is 0. The Morgan fingerprint density at radius 2 is 2.00 bits per heavy atom. The Morgan fingerprint density at radius 3 is 2.61 bits per heavy atom. The fourth-order valence-electron chi connectivity index (χ4n) is 2.35. The van der Waals surface area contributed by atoms with E-state index in [0.29, 0.717) is 12.8 Å². The summed E-state index contributed by atoms with van der Waals surface area (Å²) < 4.78 is 38.0. The number of nitrogens with one attached hydrogen (secondary N) is 1. The van der Waals surface area contributed by atoms with Crippen LogP contribution < -0.4 is 11.4 Å². The molecule has 0 aromatic carbocycles. The fourth-order valence-corrected chi connectivity index (χ4v) is 2.35. The normalized spacial score (nSPS) is 25.1. The molecule has 0 saturated heterocycles. The maximum atomic E-state index is 12.7. The van der Waals surface area contributed by atoms with E-state index >= 15 is 0 Å². The molecule has 1 aromatic heterocycles. The molecule has 0 amide bonds. The van der Waals surface area contributed by atoms with Gasteiger partial charge in [0.15, 0.2) is 0 Å². The molecular formula is C10H13F3N4O. The molecule has 1 saturated carbocycles. The molecule has 2 unspecified atom stereocenters. The number of hydrogen-bond acceptors (Lipinski definition) is 4. The number of hydrogen-bond donors (Lipinski definition) is 2. The van der Waals surface area contributed by atoms with Gasteiger partial charge in [0.1, 0.15) is 5.82 Å². The van der Waals surface area contributed by atoms with Crippen molar-refractivity contribution in [2.75, 3.05) is 5.73 Å². The Balaban J connectivity index is 2.20. The predicted molar refractivity (Wildman–Crippen MR) is 57.8 cm³/mol. The third-order valence-electron chi connectivity index (χ3n) is 3.21. The molecule has 1 fully saturated rings. The van der Waals surface area contributed by atoms with E-state index in [9.17, 15) is 18.0 Å². The van der Waals surface area contributed by atoms with E-state index in [-0.39, 0.29) is 24.6 Å². The van der Waals surface area contributed by atoms with Crippen LogP contribution >= 0.6 is 0 Å². The number of halogens is 3. The van der Waals surface area contributed by atoms with Gasteiger partial charge in [-0.15, -0.1) is 0 Å². The van der Waals surface area contributed by atoms with Crippen molar-refractivity contribution in [1.29, 1.82) is 0 Å². The molecule has 1 aliphatic rings. The highest BCUT2D eigenvalue weighted by Gasteiger charge is 2.42. The fraction of sp³-hybridized carbons (Fsp3) is 0.700. The molecule has 5 nitrogen and oxygen atoms in total. The first-order valence-corrected chi connectivity index (χ1v) is 5.66. The molecule has 100 valence electrons. The average Bonchev–Trinajstić information content (AvgIpc) is 2.27. The molecule has 8 heteroatoms. The standard InChI is InChI=1S/C10H13F3N4O/c11-10(12,13)6-3-1-2-5(4-6)7-15-8(14)17-9(18)16-7/h5-6H,1-4H2,(H3,14,15,16,17,18). The van der Waals surface area contributed by atoms with Crippen LogP contribution in [-0.2, 0) is 0 Å². The number of nitrogens with zero attached hydrogens (tertiary/aromatic N) is 2. The van der Waals surface area contributed by atoms with Crippen molar-refractivity contribution in [2.24, 2.45) is 5.92 Å². The van der Waals surface area contributed by atoms with Crippen molar-refractivity contribution in [3.05, 3.63) is 16.3 Å². The lowest BCUT2D eigenvalue weighted by molar-refractivity contribution is -0.183. The zero-order valence-electron chi connectivity index (χ0n) is 9.50. The van der Waals surface area contributed by atoms with E-state index in [2.05, 4.69) is 15.0 Å². The molecule has 0 bridgehead atoms. The summed E-state index contributed by atoms with van der Waals surface area (Å²) in [6, 6.07) is 0. The Hall–Kier alpha value is -1.60. The molecule has 0 aliphatic heterocycles. The number of aromatic nitrogens is 3. The highest BCUT2D eigenvalue weighted by Crippen LogP contribution is 2.42. The van der Waals surface area contributed by atoms with Crippen molar-refractivity contribution in [3.63, 3.8) is 0 Å². The van der Waals surface area contributed by atoms with Crippen LogP contribution in [0.3, 0.4) is 0 Å². The summed E-state index contributed by atoms with van der Waals surface area (Å²) in [5.41, 5.74) is 4.65. The molecule has 2 rings (SSSR count). The van der Waals surface area contributed by atoms with Crippen LogP contribution in [0.25, 0.3) is 0 Å². The summed E-state index contributed by atoms with van der Waals surface area (Å²) >= 11 is 0. The SMILES string of the molecule is Nc1nc(C2CCCC(C(F)(F)F)C2)[nH]c(=O)n1. The van der Waals surface area contributed by atoms with E-state index in [1.165, 1.54) is 0 Å². The topological polar surface area (TPSA) is 84.7 Å². The van der Waals surface area contributed by atoms with Gasteiger partial charge in [-0.05, 0) is 19.3 Å². The first kappa shape index (κ1) is 12.8. The van der Waals surface area contributed by atoms with Crippen LogP contribution in [0, 0.1) is 5.92 Å². The van der Waals surface area contributed by atoms with Gasteiger partial charge in [-0.1, -0.05) is 6.42 Å². The van der Waals surface area contributed by atoms with E-state index < -0.39 is 23.7 Å². The summed E-state index contributed by atoms with van der Waals surface area (Å²) in [4.78, 5) is 20.6. The summed E-state index contributed by atoms with van der Waals surface area (Å²) in [6.07, 6.45) is -3.10. The number of anilines is 1. The van der Waals surface area contributed by atoms with E-state index in [1.54, 1.807) is 0 Å². The second-order valence-corrected chi connectivity index (χ2v) is 4.50. The summed E-state index contributed by atoms with van der Waals surface area (Å²) in [5.74, 6) is -1.75. The third kappa shape index (κ3) is 2.80. The Labute approximate surface area is 101 Å². The van der Waals surface area contributed by atoms with E-state index in [4.69, 9.17) is 5.73 Å². The van der Waals surface area contributed by atoms with Gasteiger partial charge in [-0.25, -0.2) is 4.79 Å². The predicted octanol–water partition coefficient (Wildman–Crippen LogP) is 1.58. The van der Waals surface area contributed by atoms with Crippen molar-refractivity contribution < 1.29 is 13.2 Å². The van der Waals surface area contributed by atoms with Gasteiger partial charge in [-0.3, -0.25) is 4.98 Å². The molecule has 1 heterocycles. The minimum Gasteiger partial charge on any atom is -0.368 e. The van der Waals surface area contributed by atoms with Gasteiger partial charge in [0.25, 0.3) is 0 Å². The minimum atomic E-state index is -4.20. The molecule has 18 heavy (non-hydrogen) atoms. The van der Waals surface area contributed by atoms with Crippen molar-refractivity contribution in [3.8, 4) is 0 Å². The molecule has 1 aliphatic carbocycles. The molecular weight excluding hydrogens is 249 g/mol. The first-order chi connectivity index (χ1) is 8.36. The number of aromatic amines is 1. The number of rotatable bonds is 1. The monoisotopic (exact) mass is 262 g/mol. The van der Waals surface area contributed by atoms with Crippen LogP contribution in [-0.4, -0.2) is 21.1 Å². The van der Waals surface area contributed by atoms with Crippen LogP contribution in [0.1, 0.15) is 37.4 Å². The number of alkyl halides is 3. The van der Waals surface area contributed by atoms with Gasteiger partial charge in [0, 0.05) is 5.92 Å². The second kappa shape index (κ2) is 4.58. The van der Waals surface area contributed by atoms with E-state index in [0.717, 1.165) is 0 Å². The highest BCUT2D eigenvalue weighted by atomic mass is 19.4. The largest absolute Gasteiger partial charge is 0.391 e.